The lowest BCUT2D eigenvalue weighted by atomic mass is 9.96. The summed E-state index contributed by atoms with van der Waals surface area (Å²) < 4.78 is 2.83. The third kappa shape index (κ3) is 3.30. The van der Waals surface area contributed by atoms with Gasteiger partial charge in [0.05, 0.1) is 21.5 Å². The molecule has 1 aromatic rings. The third-order valence-electron chi connectivity index (χ3n) is 2.72. The van der Waals surface area contributed by atoms with Crippen LogP contribution in [0, 0.1) is 6.92 Å². The predicted octanol–water partition coefficient (Wildman–Crippen LogP) is 1.39. The summed E-state index contributed by atoms with van der Waals surface area (Å²) in [5, 5.41) is 17.6. The fraction of sp³-hybridized carbons (Fsp3) is 0.727. The van der Waals surface area contributed by atoms with E-state index in [0.29, 0.717) is 6.42 Å². The van der Waals surface area contributed by atoms with Crippen molar-refractivity contribution in [2.45, 2.75) is 32.3 Å². The van der Waals surface area contributed by atoms with Gasteiger partial charge in [-0.2, -0.15) is 5.10 Å². The molecule has 1 atom stereocenters. The summed E-state index contributed by atoms with van der Waals surface area (Å²) in [6, 6.07) is 0. The molecule has 0 aliphatic heterocycles. The van der Waals surface area contributed by atoms with E-state index in [2.05, 4.69) is 26.3 Å². The van der Waals surface area contributed by atoms with E-state index in [-0.39, 0.29) is 0 Å². The first kappa shape index (κ1) is 13.7. The van der Waals surface area contributed by atoms with Crippen molar-refractivity contribution in [2.24, 2.45) is 7.05 Å². The van der Waals surface area contributed by atoms with Crippen molar-refractivity contribution < 1.29 is 5.11 Å². The van der Waals surface area contributed by atoms with Gasteiger partial charge in [0.25, 0.3) is 0 Å². The van der Waals surface area contributed by atoms with Gasteiger partial charge >= 0.3 is 0 Å². The fourth-order valence-corrected chi connectivity index (χ4v) is 2.19. The highest BCUT2D eigenvalue weighted by Crippen LogP contribution is 2.25. The molecule has 1 aromatic heterocycles. The zero-order valence-electron chi connectivity index (χ0n) is 10.3. The molecular weight excluding hydrogens is 270 g/mol. The second-order valence-electron chi connectivity index (χ2n) is 4.50. The molecule has 92 valence electrons. The van der Waals surface area contributed by atoms with Gasteiger partial charge in [-0.15, -0.1) is 0 Å². The number of hydrogen-bond acceptors (Lipinski definition) is 3. The van der Waals surface area contributed by atoms with E-state index >= 15 is 0 Å². The number of halogens is 1. The van der Waals surface area contributed by atoms with Gasteiger partial charge in [-0.05, 0) is 49.8 Å². The van der Waals surface area contributed by atoms with Crippen molar-refractivity contribution in [2.75, 3.05) is 13.6 Å². The van der Waals surface area contributed by atoms with E-state index in [0.717, 1.165) is 28.8 Å². The average Bonchev–Trinajstić information content (AvgIpc) is 2.42. The van der Waals surface area contributed by atoms with Crippen LogP contribution in [0.2, 0.25) is 0 Å². The number of nitrogens with one attached hydrogen (secondary N) is 1. The lowest BCUT2D eigenvalue weighted by Gasteiger charge is -2.23. The van der Waals surface area contributed by atoms with Crippen molar-refractivity contribution in [1.82, 2.24) is 15.1 Å². The SMILES string of the molecule is CNCCC(C)(O)Cc1c(Br)c(C)nn1C. The Morgan fingerprint density at radius 3 is 2.62 bits per heavy atom. The monoisotopic (exact) mass is 289 g/mol. The molecule has 0 saturated carbocycles. The Morgan fingerprint density at radius 2 is 2.19 bits per heavy atom. The Kier molecular flexibility index (Phi) is 4.52. The number of hydrogen-bond donors (Lipinski definition) is 2. The first-order valence-electron chi connectivity index (χ1n) is 5.42. The molecule has 1 unspecified atom stereocenters. The van der Waals surface area contributed by atoms with Gasteiger partial charge in [-0.25, -0.2) is 0 Å². The molecule has 0 spiro atoms. The van der Waals surface area contributed by atoms with Gasteiger partial charge in [-0.3, -0.25) is 4.68 Å². The molecule has 5 heteroatoms. The Balaban J connectivity index is 2.79. The van der Waals surface area contributed by atoms with Crippen LogP contribution in [0.1, 0.15) is 24.7 Å². The lowest BCUT2D eigenvalue weighted by molar-refractivity contribution is 0.0500. The smallest absolute Gasteiger partial charge is 0.0738 e. The van der Waals surface area contributed by atoms with Gasteiger partial charge < -0.3 is 10.4 Å². The largest absolute Gasteiger partial charge is 0.390 e. The van der Waals surface area contributed by atoms with Crippen LogP contribution >= 0.6 is 15.9 Å². The van der Waals surface area contributed by atoms with Gasteiger partial charge in [0.2, 0.25) is 0 Å². The molecule has 0 aromatic carbocycles. The zero-order chi connectivity index (χ0) is 12.3. The Hall–Kier alpha value is -0.390. The van der Waals surface area contributed by atoms with E-state index < -0.39 is 5.60 Å². The summed E-state index contributed by atoms with van der Waals surface area (Å²) in [7, 11) is 3.79. The summed E-state index contributed by atoms with van der Waals surface area (Å²) in [5.74, 6) is 0. The van der Waals surface area contributed by atoms with Crippen LogP contribution in [-0.2, 0) is 13.5 Å². The second-order valence-corrected chi connectivity index (χ2v) is 5.29. The van der Waals surface area contributed by atoms with Crippen LogP contribution < -0.4 is 5.32 Å². The van der Waals surface area contributed by atoms with E-state index in [4.69, 9.17) is 0 Å². The van der Waals surface area contributed by atoms with Crippen molar-refractivity contribution >= 4 is 15.9 Å². The summed E-state index contributed by atoms with van der Waals surface area (Å²) >= 11 is 3.51. The molecule has 0 radical (unpaired) electrons. The Labute approximate surface area is 105 Å². The number of aryl methyl sites for hydroxylation is 2. The molecule has 0 aliphatic rings. The minimum atomic E-state index is -0.703. The topological polar surface area (TPSA) is 50.1 Å². The van der Waals surface area contributed by atoms with Gasteiger partial charge in [-0.1, -0.05) is 0 Å². The summed E-state index contributed by atoms with van der Waals surface area (Å²) in [4.78, 5) is 0. The maximum Gasteiger partial charge on any atom is 0.0738 e. The van der Waals surface area contributed by atoms with Crippen molar-refractivity contribution in [3.8, 4) is 0 Å². The number of aliphatic hydroxyl groups is 1. The van der Waals surface area contributed by atoms with Crippen LogP contribution in [0.15, 0.2) is 4.47 Å². The average molecular weight is 290 g/mol. The summed E-state index contributed by atoms with van der Waals surface area (Å²) in [6.45, 7) is 4.62. The fourth-order valence-electron chi connectivity index (χ4n) is 1.72. The molecule has 4 nitrogen and oxygen atoms in total. The number of rotatable bonds is 5. The van der Waals surface area contributed by atoms with Gasteiger partial charge in [0.15, 0.2) is 0 Å². The first-order chi connectivity index (χ1) is 7.37. The first-order valence-corrected chi connectivity index (χ1v) is 6.21. The predicted molar refractivity (Wildman–Crippen MR) is 68.5 cm³/mol. The molecule has 0 saturated heterocycles. The number of aromatic nitrogens is 2. The van der Waals surface area contributed by atoms with E-state index in [1.54, 1.807) is 0 Å². The van der Waals surface area contributed by atoms with Crippen molar-refractivity contribution in [3.63, 3.8) is 0 Å². The highest BCUT2D eigenvalue weighted by molar-refractivity contribution is 9.10. The maximum atomic E-state index is 10.3. The lowest BCUT2D eigenvalue weighted by Crippen LogP contribution is -2.32. The molecule has 0 amide bonds. The minimum absolute atomic E-state index is 0.604. The standard InChI is InChI=1S/C11H20BrN3O/c1-8-10(12)9(15(4)14-8)7-11(2,16)5-6-13-3/h13,16H,5-7H2,1-4H3. The zero-order valence-corrected chi connectivity index (χ0v) is 11.9. The van der Waals surface area contributed by atoms with Crippen LogP contribution in [0.5, 0.6) is 0 Å². The highest BCUT2D eigenvalue weighted by atomic mass is 79.9. The summed E-state index contributed by atoms with van der Waals surface area (Å²) in [6.07, 6.45) is 1.33. The van der Waals surface area contributed by atoms with Gasteiger partial charge in [0, 0.05) is 13.5 Å². The highest BCUT2D eigenvalue weighted by Gasteiger charge is 2.24. The molecule has 1 rings (SSSR count). The molecule has 0 fully saturated rings. The Morgan fingerprint density at radius 1 is 1.56 bits per heavy atom. The van der Waals surface area contributed by atoms with Crippen LogP contribution in [0.3, 0.4) is 0 Å². The van der Waals surface area contributed by atoms with Crippen LogP contribution in [-0.4, -0.2) is 34.1 Å². The molecule has 1 heterocycles. The van der Waals surface area contributed by atoms with E-state index in [1.807, 2.05) is 32.6 Å². The molecule has 16 heavy (non-hydrogen) atoms. The van der Waals surface area contributed by atoms with E-state index in [1.165, 1.54) is 0 Å². The second kappa shape index (κ2) is 5.29. The van der Waals surface area contributed by atoms with Crippen LogP contribution in [0.25, 0.3) is 0 Å². The number of nitrogens with zero attached hydrogens (tertiary/aromatic N) is 2. The molecule has 0 bridgehead atoms. The maximum absolute atomic E-state index is 10.3. The molecule has 0 aliphatic carbocycles. The molecular formula is C11H20BrN3O. The Bertz CT molecular complexity index is 360. The minimum Gasteiger partial charge on any atom is -0.390 e. The van der Waals surface area contributed by atoms with Crippen LogP contribution in [0.4, 0.5) is 0 Å². The molecule has 2 N–H and O–H groups in total. The third-order valence-corrected chi connectivity index (χ3v) is 3.76. The summed E-state index contributed by atoms with van der Waals surface area (Å²) in [5.41, 5.74) is 1.30. The van der Waals surface area contributed by atoms with Gasteiger partial charge in [0.1, 0.15) is 0 Å². The van der Waals surface area contributed by atoms with Crippen molar-refractivity contribution in [1.29, 1.82) is 0 Å². The quantitative estimate of drug-likeness (QED) is 0.861. The van der Waals surface area contributed by atoms with Crippen molar-refractivity contribution in [3.05, 3.63) is 15.9 Å². The van der Waals surface area contributed by atoms with E-state index in [9.17, 15) is 5.11 Å². The normalized spacial score (nSPS) is 15.1.